The first-order valence-corrected chi connectivity index (χ1v) is 18.8. The van der Waals surface area contributed by atoms with Gasteiger partial charge in [-0.2, -0.15) is 0 Å². The summed E-state index contributed by atoms with van der Waals surface area (Å²) in [6.07, 6.45) is 11.8. The van der Waals surface area contributed by atoms with Crippen LogP contribution >= 0.6 is 0 Å². The summed E-state index contributed by atoms with van der Waals surface area (Å²) < 4.78 is 9.15. The van der Waals surface area contributed by atoms with E-state index >= 15 is 0 Å². The molecule has 3 aromatic heterocycles. The van der Waals surface area contributed by atoms with Crippen molar-refractivity contribution in [1.82, 2.24) is 19.5 Å². The first-order chi connectivity index (χ1) is 27.6. The molecule has 0 unspecified atom stereocenters. The Kier molecular flexibility index (Phi) is 8.88. The Morgan fingerprint density at radius 1 is 0.625 bits per heavy atom. The van der Waals surface area contributed by atoms with E-state index in [0.29, 0.717) is 17.5 Å². The number of hydrogen-bond acceptors (Lipinski definition) is 4. The third kappa shape index (κ3) is 5.78. The summed E-state index contributed by atoms with van der Waals surface area (Å²) >= 11 is 0. The number of furan rings is 1. The summed E-state index contributed by atoms with van der Waals surface area (Å²) in [5.74, 6) is 1.76. The minimum Gasteiger partial charge on any atom is -0.454 e. The summed E-state index contributed by atoms with van der Waals surface area (Å²) in [6, 6.07) is 46.2. The second-order valence-electron chi connectivity index (χ2n) is 13.6. The van der Waals surface area contributed by atoms with Gasteiger partial charge in [0.05, 0.1) is 16.7 Å². The maximum absolute atomic E-state index is 6.78. The van der Waals surface area contributed by atoms with Crippen LogP contribution in [0.15, 0.2) is 187 Å². The van der Waals surface area contributed by atoms with Crippen molar-refractivity contribution in [2.45, 2.75) is 13.8 Å². The average Bonchev–Trinajstić information content (AvgIpc) is 3.80. The monoisotopic (exact) mass is 722 g/mol. The molecule has 0 spiro atoms. The molecule has 9 aromatic rings. The Labute approximate surface area is 325 Å². The molecule has 6 aromatic carbocycles. The van der Waals surface area contributed by atoms with Crippen LogP contribution in [0.1, 0.15) is 25.2 Å². The number of benzene rings is 6. The largest absolute Gasteiger partial charge is 0.454 e. The zero-order valence-corrected chi connectivity index (χ0v) is 31.3. The van der Waals surface area contributed by atoms with Gasteiger partial charge in [0.25, 0.3) is 0 Å². The molecule has 0 amide bonds. The second kappa shape index (κ2) is 14.5. The SMILES string of the molecule is C=C/C=C(\C=C)c1cc(-c2nc(C(/C=C\C)=C/C)nc(-c3ccccc3)n2)cc(-c2ccccc2)c1-n1c2ccccc2c2ccc3c4ccccc4oc3c21. The van der Waals surface area contributed by atoms with Gasteiger partial charge in [-0.3, -0.25) is 0 Å². The quantitative estimate of drug-likeness (QED) is 0.139. The molecule has 0 N–H and O–H groups in total. The van der Waals surface area contributed by atoms with Gasteiger partial charge in [-0.15, -0.1) is 0 Å². The lowest BCUT2D eigenvalue weighted by molar-refractivity contribution is 0.671. The van der Waals surface area contributed by atoms with Gasteiger partial charge < -0.3 is 8.98 Å². The maximum atomic E-state index is 6.78. The smallest absolute Gasteiger partial charge is 0.164 e. The molecule has 0 radical (unpaired) electrons. The van der Waals surface area contributed by atoms with Gasteiger partial charge >= 0.3 is 0 Å². The standard InChI is InChI=1S/C51H38N4O/c1-5-19-33(7-3)42-31-37(51-53-49(34(8-4)20-6-2)52-50(54-51)36-23-13-10-14-24-36)32-43(35-21-11-9-12-22-35)46(42)55-44-27-17-15-25-38(44)40-29-30-41-39-26-16-18-28-45(39)56-48(41)47(40)55/h5-32H,1,3H2,2,4H3/b20-6-,33-19+,34-8+. The van der Waals surface area contributed by atoms with Crippen molar-refractivity contribution in [1.29, 1.82) is 0 Å². The molecule has 9 rings (SSSR count). The normalized spacial score (nSPS) is 12.4. The molecule has 5 nitrogen and oxygen atoms in total. The van der Waals surface area contributed by atoms with Gasteiger partial charge in [0.2, 0.25) is 0 Å². The molecule has 3 heterocycles. The molecule has 0 saturated carbocycles. The molecule has 0 aliphatic rings. The first kappa shape index (κ1) is 34.4. The summed E-state index contributed by atoms with van der Waals surface area (Å²) in [4.78, 5) is 15.3. The number of rotatable bonds is 9. The molecule has 0 bridgehead atoms. The van der Waals surface area contributed by atoms with E-state index in [0.717, 1.165) is 88.4 Å². The lowest BCUT2D eigenvalue weighted by Crippen LogP contribution is -2.06. The summed E-state index contributed by atoms with van der Waals surface area (Å²) in [7, 11) is 0. The van der Waals surface area contributed by atoms with Crippen LogP contribution in [0.4, 0.5) is 0 Å². The van der Waals surface area contributed by atoms with E-state index in [1.807, 2.05) is 98.8 Å². The van der Waals surface area contributed by atoms with E-state index < -0.39 is 0 Å². The lowest BCUT2D eigenvalue weighted by atomic mass is 9.92. The van der Waals surface area contributed by atoms with Crippen molar-refractivity contribution < 1.29 is 4.42 Å². The Hall–Kier alpha value is -7.37. The van der Waals surface area contributed by atoms with Crippen LogP contribution in [0.3, 0.4) is 0 Å². The van der Waals surface area contributed by atoms with Gasteiger partial charge in [0, 0.05) is 49.4 Å². The molecule has 0 atom stereocenters. The molecule has 268 valence electrons. The van der Waals surface area contributed by atoms with Crippen molar-refractivity contribution in [2.24, 2.45) is 0 Å². The van der Waals surface area contributed by atoms with Crippen molar-refractivity contribution in [3.05, 3.63) is 194 Å². The summed E-state index contributed by atoms with van der Waals surface area (Å²) in [5.41, 5.74) is 11.2. The van der Waals surface area contributed by atoms with Crippen LogP contribution in [0.25, 0.3) is 94.5 Å². The highest BCUT2D eigenvalue weighted by Gasteiger charge is 2.25. The molecular formula is C51H38N4O. The summed E-state index contributed by atoms with van der Waals surface area (Å²) in [6.45, 7) is 12.4. The van der Waals surface area contributed by atoms with Gasteiger partial charge in [-0.05, 0) is 55.3 Å². The summed E-state index contributed by atoms with van der Waals surface area (Å²) in [5, 5.41) is 4.38. The number of allylic oxidation sites excluding steroid dienone is 8. The van der Waals surface area contributed by atoms with Crippen LogP contribution in [-0.2, 0) is 0 Å². The fraction of sp³-hybridized carbons (Fsp3) is 0.0392. The highest BCUT2D eigenvalue weighted by atomic mass is 16.3. The van der Waals surface area contributed by atoms with E-state index in [1.165, 1.54) is 0 Å². The van der Waals surface area contributed by atoms with Crippen LogP contribution < -0.4 is 0 Å². The van der Waals surface area contributed by atoms with Crippen LogP contribution in [-0.4, -0.2) is 19.5 Å². The van der Waals surface area contributed by atoms with E-state index in [2.05, 4.69) is 103 Å². The predicted molar refractivity (Wildman–Crippen MR) is 235 cm³/mol. The Balaban J connectivity index is 1.45. The average molecular weight is 723 g/mol. The number of fused-ring (bicyclic) bond motifs is 7. The highest BCUT2D eigenvalue weighted by Crippen LogP contribution is 2.45. The minimum atomic E-state index is 0.562. The first-order valence-electron chi connectivity index (χ1n) is 18.8. The zero-order valence-electron chi connectivity index (χ0n) is 31.3. The Bertz CT molecular complexity index is 3070. The molecule has 0 fully saturated rings. The topological polar surface area (TPSA) is 56.7 Å². The maximum Gasteiger partial charge on any atom is 0.164 e. The van der Waals surface area contributed by atoms with Crippen molar-refractivity contribution in [2.75, 3.05) is 0 Å². The fourth-order valence-electron chi connectivity index (χ4n) is 7.75. The van der Waals surface area contributed by atoms with E-state index in [4.69, 9.17) is 19.4 Å². The van der Waals surface area contributed by atoms with Crippen molar-refractivity contribution >= 4 is 54.9 Å². The van der Waals surface area contributed by atoms with Gasteiger partial charge in [0.15, 0.2) is 23.1 Å². The highest BCUT2D eigenvalue weighted by molar-refractivity contribution is 6.22. The second-order valence-corrected chi connectivity index (χ2v) is 13.6. The lowest BCUT2D eigenvalue weighted by Gasteiger charge is -2.21. The van der Waals surface area contributed by atoms with Crippen molar-refractivity contribution in [3.8, 4) is 39.6 Å². The third-order valence-corrected chi connectivity index (χ3v) is 10.3. The van der Waals surface area contributed by atoms with Crippen molar-refractivity contribution in [3.63, 3.8) is 0 Å². The van der Waals surface area contributed by atoms with Crippen LogP contribution in [0.5, 0.6) is 0 Å². The molecular weight excluding hydrogens is 685 g/mol. The Morgan fingerprint density at radius 3 is 2.00 bits per heavy atom. The fourth-order valence-corrected chi connectivity index (χ4v) is 7.75. The van der Waals surface area contributed by atoms with Crippen LogP contribution in [0.2, 0.25) is 0 Å². The third-order valence-electron chi connectivity index (χ3n) is 10.3. The minimum absolute atomic E-state index is 0.562. The van der Waals surface area contributed by atoms with Gasteiger partial charge in [-0.25, -0.2) is 15.0 Å². The van der Waals surface area contributed by atoms with Crippen LogP contribution in [0, 0.1) is 0 Å². The van der Waals surface area contributed by atoms with Gasteiger partial charge in [-0.1, -0.05) is 153 Å². The molecule has 0 aliphatic heterocycles. The molecule has 5 heteroatoms. The van der Waals surface area contributed by atoms with E-state index in [-0.39, 0.29) is 0 Å². The molecule has 0 aliphatic carbocycles. The number of nitrogens with zero attached hydrogens (tertiary/aromatic N) is 4. The number of hydrogen-bond donors (Lipinski definition) is 0. The van der Waals surface area contributed by atoms with E-state index in [1.54, 1.807) is 0 Å². The van der Waals surface area contributed by atoms with E-state index in [9.17, 15) is 0 Å². The Morgan fingerprint density at radius 2 is 1.29 bits per heavy atom. The van der Waals surface area contributed by atoms with Gasteiger partial charge in [0.1, 0.15) is 5.58 Å². The number of para-hydroxylation sites is 2. The zero-order chi connectivity index (χ0) is 38.2. The number of aromatic nitrogens is 4. The predicted octanol–water partition coefficient (Wildman–Crippen LogP) is 13.6. The molecule has 0 saturated heterocycles. The molecule has 56 heavy (non-hydrogen) atoms.